The van der Waals surface area contributed by atoms with Gasteiger partial charge in [-0.2, -0.15) is 24.9 Å². The number of guanidine groups is 1. The molecule has 3 heterocycles. The fourth-order valence-corrected chi connectivity index (χ4v) is 7.91. The second-order valence-corrected chi connectivity index (χ2v) is 15.5. The second kappa shape index (κ2) is 25.5. The van der Waals surface area contributed by atoms with Crippen LogP contribution in [-0.2, 0) is 46.4 Å². The van der Waals surface area contributed by atoms with Crippen LogP contribution in [-0.4, -0.2) is 139 Å². The van der Waals surface area contributed by atoms with E-state index in [1.54, 1.807) is 17.0 Å². The van der Waals surface area contributed by atoms with Crippen LogP contribution in [0.4, 0.5) is 18.0 Å². The first-order chi connectivity index (χ1) is 28.4. The molecule has 332 valence electrons. The predicted octanol–water partition coefficient (Wildman–Crippen LogP) is 1.89. The summed E-state index contributed by atoms with van der Waals surface area (Å²) in [6.45, 7) is 5.63. The molecule has 3 unspecified atom stereocenters. The normalized spacial score (nSPS) is 22.0. The lowest BCUT2D eigenvalue weighted by Crippen LogP contribution is -2.45. The van der Waals surface area contributed by atoms with Crippen LogP contribution in [0.3, 0.4) is 0 Å². The fraction of sp³-hybridized carbons (Fsp3) is 0.730. The third-order valence-corrected chi connectivity index (χ3v) is 11.1. The zero-order chi connectivity index (χ0) is 42.5. The maximum Gasteiger partial charge on any atom is 0.491 e. The van der Waals surface area contributed by atoms with Gasteiger partial charge in [-0.1, -0.05) is 24.6 Å². The number of nitrogens with zero attached hydrogens (tertiary/aromatic N) is 4. The van der Waals surface area contributed by atoms with Crippen molar-refractivity contribution in [1.82, 2.24) is 36.3 Å². The fourth-order valence-electron chi connectivity index (χ4n) is 6.36. The van der Waals surface area contributed by atoms with Gasteiger partial charge in [-0.3, -0.25) is 9.79 Å². The van der Waals surface area contributed by atoms with Crippen LogP contribution in [0, 0.1) is 11.8 Å². The number of ether oxygens (including phenoxy) is 5. The van der Waals surface area contributed by atoms with Gasteiger partial charge in [0, 0.05) is 49.5 Å². The Labute approximate surface area is 346 Å². The number of nitrogens with two attached hydrogens (primary N) is 1. The number of aliphatic hydroxyl groups excluding tert-OH is 1. The number of alkyl halides is 3. The topological polar surface area (TPSA) is 235 Å². The standard InChI is InChI=1S/C37H58F3N9O9S/c1-25-20-28(10-9-26(25)21-43-35(41)45-32(8-4-5-13-50)58-34(52)37(38,39)40)57-23-27-22-49(48-47-27)12-15-55-17-19-56-18-16-54-14-11-42-31(51)7-3-2-6-30-33-29(24-59-30)44-36(53)46-33/h9-10,20,22,25-26,29-30,32-33,50H,2-8,11-19,21,23-24H2,1H3,(H,42,51)(H3,41,43,45)(H2,44,46,53)/t25?,26?,29-,30-,32?,33-/m0/s1. The first-order valence-corrected chi connectivity index (χ1v) is 21.0. The molecule has 18 nitrogen and oxygen atoms in total. The third kappa shape index (κ3) is 18.0. The van der Waals surface area contributed by atoms with Gasteiger partial charge in [0.1, 0.15) is 18.1 Å². The SMILES string of the molecule is CC1C=C(OCc2cn(CCOCCOCCOCCNC(=O)CCCC[C@@H]3SC[C@@H]4NC(=O)N[C@@H]43)nn2)C=CC1CN=C(N)NC(CCCCO)OC(=O)C(F)(F)F. The molecule has 6 atom stereocenters. The van der Waals surface area contributed by atoms with Crippen molar-refractivity contribution in [2.24, 2.45) is 22.6 Å². The average molecular weight is 862 g/mol. The van der Waals surface area contributed by atoms with E-state index in [1.165, 1.54) is 0 Å². The molecule has 3 aliphatic rings. The number of carbonyl (C=O) groups excluding carboxylic acids is 3. The Morgan fingerprint density at radius 1 is 1.10 bits per heavy atom. The molecular formula is C37H58F3N9O9S. The van der Waals surface area contributed by atoms with Gasteiger partial charge in [-0.25, -0.2) is 14.3 Å². The molecular weight excluding hydrogens is 804 g/mol. The van der Waals surface area contributed by atoms with E-state index >= 15 is 0 Å². The molecule has 3 amide bonds. The molecule has 0 bridgehead atoms. The van der Waals surface area contributed by atoms with Gasteiger partial charge in [-0.15, -0.1) is 5.10 Å². The lowest BCUT2D eigenvalue weighted by Gasteiger charge is -2.23. The van der Waals surface area contributed by atoms with Gasteiger partial charge in [0.15, 0.2) is 12.2 Å². The van der Waals surface area contributed by atoms with Crippen molar-refractivity contribution in [3.05, 3.63) is 35.9 Å². The number of thioether (sulfide) groups is 1. The molecule has 0 aromatic carbocycles. The van der Waals surface area contributed by atoms with Gasteiger partial charge >= 0.3 is 18.2 Å². The monoisotopic (exact) mass is 861 g/mol. The number of amides is 3. The highest BCUT2D eigenvalue weighted by molar-refractivity contribution is 8.00. The quantitative estimate of drug-likeness (QED) is 0.0177. The van der Waals surface area contributed by atoms with Crippen LogP contribution in [0.15, 0.2) is 35.2 Å². The first-order valence-electron chi connectivity index (χ1n) is 20.0. The number of urea groups is 1. The Kier molecular flexibility index (Phi) is 20.5. The van der Waals surface area contributed by atoms with E-state index in [4.69, 9.17) is 29.8 Å². The molecule has 1 aromatic rings. The zero-order valence-corrected chi connectivity index (χ0v) is 34.1. The molecule has 0 spiro atoms. The van der Waals surface area contributed by atoms with Gasteiger partial charge in [0.2, 0.25) is 5.91 Å². The van der Waals surface area contributed by atoms with E-state index in [0.717, 1.165) is 25.0 Å². The number of rotatable bonds is 28. The predicted molar refractivity (Wildman–Crippen MR) is 211 cm³/mol. The molecule has 7 N–H and O–H groups in total. The highest BCUT2D eigenvalue weighted by atomic mass is 32.2. The molecule has 2 aliphatic heterocycles. The summed E-state index contributed by atoms with van der Waals surface area (Å²) in [5, 5.41) is 29.0. The minimum atomic E-state index is -5.15. The number of aliphatic imine (C=N–C) groups is 1. The number of hydrogen-bond donors (Lipinski definition) is 6. The van der Waals surface area contributed by atoms with E-state index in [2.05, 4.69) is 41.3 Å². The lowest BCUT2D eigenvalue weighted by molar-refractivity contribution is -0.205. The van der Waals surface area contributed by atoms with Crippen molar-refractivity contribution in [1.29, 1.82) is 0 Å². The number of fused-ring (bicyclic) bond motifs is 1. The highest BCUT2D eigenvalue weighted by Crippen LogP contribution is 2.33. The number of unbranched alkanes of at least 4 members (excludes halogenated alkanes) is 2. The van der Waals surface area contributed by atoms with Crippen molar-refractivity contribution in [2.75, 3.05) is 65.1 Å². The number of allylic oxidation sites excluding steroid dienone is 2. The number of esters is 1. The smallest absolute Gasteiger partial charge is 0.488 e. The minimum Gasteiger partial charge on any atom is -0.488 e. The number of halogens is 3. The number of nitrogens with one attached hydrogen (secondary N) is 4. The minimum absolute atomic E-state index is 0.00166. The summed E-state index contributed by atoms with van der Waals surface area (Å²) < 4.78 is 66.8. The van der Waals surface area contributed by atoms with Gasteiger partial charge in [0.25, 0.3) is 0 Å². The number of aromatic nitrogens is 3. The summed E-state index contributed by atoms with van der Waals surface area (Å²) in [6, 6.07) is 0.343. The van der Waals surface area contributed by atoms with E-state index in [9.17, 15) is 27.6 Å². The molecule has 22 heteroatoms. The Morgan fingerprint density at radius 2 is 1.86 bits per heavy atom. The average Bonchev–Trinajstić information content (AvgIpc) is 3.91. The van der Waals surface area contributed by atoms with Crippen LogP contribution in [0.2, 0.25) is 0 Å². The van der Waals surface area contributed by atoms with Crippen molar-refractivity contribution < 1.29 is 56.3 Å². The zero-order valence-electron chi connectivity index (χ0n) is 33.3. The summed E-state index contributed by atoms with van der Waals surface area (Å²) in [5.41, 5.74) is 6.52. The number of hydrogen-bond acceptors (Lipinski definition) is 13. The van der Waals surface area contributed by atoms with Crippen LogP contribution < -0.4 is 27.0 Å². The molecule has 0 saturated carbocycles. The highest BCUT2D eigenvalue weighted by Gasteiger charge is 2.43. The summed E-state index contributed by atoms with van der Waals surface area (Å²) >= 11 is 1.88. The van der Waals surface area contributed by atoms with E-state index in [-0.39, 0.29) is 68.0 Å². The van der Waals surface area contributed by atoms with Gasteiger partial charge in [-0.05, 0) is 43.8 Å². The van der Waals surface area contributed by atoms with Crippen molar-refractivity contribution in [2.45, 2.75) is 94.8 Å². The summed E-state index contributed by atoms with van der Waals surface area (Å²) in [6.07, 6.45) is 4.76. The second-order valence-electron chi connectivity index (χ2n) is 14.2. The van der Waals surface area contributed by atoms with Crippen LogP contribution >= 0.6 is 11.8 Å². The van der Waals surface area contributed by atoms with Crippen LogP contribution in [0.5, 0.6) is 0 Å². The molecule has 4 rings (SSSR count). The van der Waals surface area contributed by atoms with Crippen molar-refractivity contribution in [3.63, 3.8) is 0 Å². The van der Waals surface area contributed by atoms with Gasteiger partial charge in [0.05, 0.1) is 64.5 Å². The number of aliphatic hydroxyl groups is 1. The first kappa shape index (κ1) is 47.6. The van der Waals surface area contributed by atoms with E-state index in [1.807, 2.05) is 30.8 Å². The largest absolute Gasteiger partial charge is 0.491 e. The molecule has 2 fully saturated rings. The summed E-state index contributed by atoms with van der Waals surface area (Å²) in [5.74, 6) is -0.992. The van der Waals surface area contributed by atoms with Crippen molar-refractivity contribution in [3.8, 4) is 0 Å². The van der Waals surface area contributed by atoms with Crippen molar-refractivity contribution >= 4 is 35.6 Å². The summed E-state index contributed by atoms with van der Waals surface area (Å²) in [7, 11) is 0. The molecule has 0 radical (unpaired) electrons. The lowest BCUT2D eigenvalue weighted by atomic mass is 9.89. The summed E-state index contributed by atoms with van der Waals surface area (Å²) in [4.78, 5) is 39.1. The Hall–Kier alpha value is -4.12. The van der Waals surface area contributed by atoms with Crippen LogP contribution in [0.25, 0.3) is 0 Å². The number of carbonyl (C=O) groups is 3. The molecule has 59 heavy (non-hydrogen) atoms. The van der Waals surface area contributed by atoms with Gasteiger partial charge < -0.3 is 55.8 Å². The third-order valence-electron chi connectivity index (χ3n) is 9.58. The Balaban J connectivity index is 0.967. The Bertz CT molecular complexity index is 1550. The maximum absolute atomic E-state index is 12.7. The Morgan fingerprint density at radius 3 is 2.61 bits per heavy atom. The molecule has 1 aromatic heterocycles. The van der Waals surface area contributed by atoms with E-state index < -0.39 is 18.4 Å². The molecule has 2 saturated heterocycles. The maximum atomic E-state index is 12.7. The van der Waals surface area contributed by atoms with E-state index in [0.29, 0.717) is 88.7 Å². The van der Waals surface area contributed by atoms with Crippen LogP contribution in [0.1, 0.15) is 57.6 Å². The molecule has 1 aliphatic carbocycles.